The molecule has 0 aliphatic carbocycles. The molecule has 1 rings (SSSR count). The summed E-state index contributed by atoms with van der Waals surface area (Å²) in [7, 11) is 0. The van der Waals surface area contributed by atoms with Crippen molar-refractivity contribution in [1.82, 2.24) is 0 Å². The van der Waals surface area contributed by atoms with Crippen molar-refractivity contribution in [2.45, 2.75) is 32.5 Å². The summed E-state index contributed by atoms with van der Waals surface area (Å²) in [6.45, 7) is 4.93. The number of hydrogen-bond acceptors (Lipinski definition) is 6. The minimum absolute atomic E-state index is 0.0580. The van der Waals surface area contributed by atoms with Crippen LogP contribution in [0.4, 0.5) is 0 Å². The highest BCUT2D eigenvalue weighted by Gasteiger charge is 2.13. The van der Waals surface area contributed by atoms with Gasteiger partial charge in [0.2, 0.25) is 0 Å². The first kappa shape index (κ1) is 16.4. The van der Waals surface area contributed by atoms with E-state index in [0.717, 1.165) is 19.4 Å². The first-order chi connectivity index (χ1) is 9.29. The van der Waals surface area contributed by atoms with E-state index in [1.807, 2.05) is 0 Å². The van der Waals surface area contributed by atoms with Crippen molar-refractivity contribution >= 4 is 5.97 Å². The highest BCUT2D eigenvalue weighted by molar-refractivity contribution is 5.65. The predicted octanol–water partition coefficient (Wildman–Crippen LogP) is 1.13. The Balaban J connectivity index is 1.74. The zero-order chi connectivity index (χ0) is 13.8. The zero-order valence-electron chi connectivity index (χ0n) is 11.6. The van der Waals surface area contributed by atoms with E-state index in [1.54, 1.807) is 0 Å². The lowest BCUT2D eigenvalue weighted by Crippen LogP contribution is -2.24. The SMILES string of the molecule is CC(=O)OCCOCCOCCOC1CCCCO1. The van der Waals surface area contributed by atoms with Crippen LogP contribution < -0.4 is 0 Å². The van der Waals surface area contributed by atoms with Crippen LogP contribution in [0.2, 0.25) is 0 Å². The van der Waals surface area contributed by atoms with Crippen LogP contribution in [-0.4, -0.2) is 58.5 Å². The maximum Gasteiger partial charge on any atom is 0.302 e. The summed E-state index contributed by atoms with van der Waals surface area (Å²) in [5, 5.41) is 0. The monoisotopic (exact) mass is 276 g/mol. The standard InChI is InChI=1S/C13H24O6/c1-12(14)17-10-8-15-6-7-16-9-11-19-13-4-2-3-5-18-13/h13H,2-11H2,1H3. The molecule has 0 aromatic rings. The molecule has 6 heteroatoms. The van der Waals surface area contributed by atoms with Crippen LogP contribution in [0.1, 0.15) is 26.2 Å². The van der Waals surface area contributed by atoms with Crippen molar-refractivity contribution in [3.8, 4) is 0 Å². The molecular formula is C13H24O6. The van der Waals surface area contributed by atoms with Gasteiger partial charge in [0.25, 0.3) is 0 Å². The lowest BCUT2D eigenvalue weighted by Gasteiger charge is -2.22. The van der Waals surface area contributed by atoms with Crippen molar-refractivity contribution in [3.63, 3.8) is 0 Å². The second-order valence-corrected chi connectivity index (χ2v) is 4.23. The van der Waals surface area contributed by atoms with Crippen molar-refractivity contribution in [1.29, 1.82) is 0 Å². The highest BCUT2D eigenvalue weighted by atomic mass is 16.7. The number of ether oxygens (including phenoxy) is 5. The predicted molar refractivity (Wildman–Crippen MR) is 67.8 cm³/mol. The Labute approximate surface area is 114 Å². The maximum absolute atomic E-state index is 10.5. The second-order valence-electron chi connectivity index (χ2n) is 4.23. The fourth-order valence-corrected chi connectivity index (χ4v) is 1.65. The van der Waals surface area contributed by atoms with E-state index in [2.05, 4.69) is 0 Å². The minimum Gasteiger partial charge on any atom is -0.463 e. The largest absolute Gasteiger partial charge is 0.463 e. The van der Waals surface area contributed by atoms with Gasteiger partial charge in [-0.3, -0.25) is 4.79 Å². The van der Waals surface area contributed by atoms with Crippen LogP contribution in [0.3, 0.4) is 0 Å². The van der Waals surface area contributed by atoms with Crippen LogP contribution in [-0.2, 0) is 28.5 Å². The Morgan fingerprint density at radius 1 is 1.05 bits per heavy atom. The molecule has 0 radical (unpaired) electrons. The minimum atomic E-state index is -0.290. The molecule has 0 bridgehead atoms. The van der Waals surface area contributed by atoms with E-state index >= 15 is 0 Å². The number of carbonyl (C=O) groups is 1. The Kier molecular flexibility index (Phi) is 9.61. The van der Waals surface area contributed by atoms with E-state index < -0.39 is 0 Å². The molecule has 0 amide bonds. The van der Waals surface area contributed by atoms with Gasteiger partial charge in [-0.1, -0.05) is 0 Å². The zero-order valence-corrected chi connectivity index (χ0v) is 11.6. The molecule has 112 valence electrons. The van der Waals surface area contributed by atoms with Crippen molar-refractivity contribution < 1.29 is 28.5 Å². The molecule has 1 fully saturated rings. The smallest absolute Gasteiger partial charge is 0.302 e. The van der Waals surface area contributed by atoms with Crippen LogP contribution >= 0.6 is 0 Å². The molecule has 0 aromatic heterocycles. The molecule has 1 heterocycles. The Bertz CT molecular complexity index is 227. The van der Waals surface area contributed by atoms with Gasteiger partial charge in [0.1, 0.15) is 6.61 Å². The average Bonchev–Trinajstić information content (AvgIpc) is 2.42. The van der Waals surface area contributed by atoms with Gasteiger partial charge >= 0.3 is 5.97 Å². The molecule has 0 N–H and O–H groups in total. The quantitative estimate of drug-likeness (QED) is 0.440. The van der Waals surface area contributed by atoms with Crippen LogP contribution in [0, 0.1) is 0 Å². The van der Waals surface area contributed by atoms with Crippen LogP contribution in [0.15, 0.2) is 0 Å². The summed E-state index contributed by atoms with van der Waals surface area (Å²) < 4.78 is 26.2. The van der Waals surface area contributed by atoms with Crippen LogP contribution in [0.5, 0.6) is 0 Å². The molecule has 1 aliphatic rings. The van der Waals surface area contributed by atoms with Gasteiger partial charge < -0.3 is 23.7 Å². The van der Waals surface area contributed by atoms with Gasteiger partial charge in [-0.05, 0) is 19.3 Å². The Morgan fingerprint density at radius 2 is 1.74 bits per heavy atom. The topological polar surface area (TPSA) is 63.2 Å². The third kappa shape index (κ3) is 9.84. The first-order valence-electron chi connectivity index (χ1n) is 6.81. The molecule has 1 saturated heterocycles. The second kappa shape index (κ2) is 11.2. The fraction of sp³-hybridized carbons (Fsp3) is 0.923. The van der Waals surface area contributed by atoms with Crippen LogP contribution in [0.25, 0.3) is 0 Å². The summed E-state index contributed by atoms with van der Waals surface area (Å²) in [4.78, 5) is 10.5. The lowest BCUT2D eigenvalue weighted by molar-refractivity contribution is -0.169. The molecule has 19 heavy (non-hydrogen) atoms. The number of carbonyl (C=O) groups excluding carboxylic acids is 1. The molecule has 6 nitrogen and oxygen atoms in total. The van der Waals surface area contributed by atoms with Gasteiger partial charge in [0.15, 0.2) is 6.29 Å². The fourth-order valence-electron chi connectivity index (χ4n) is 1.65. The normalized spacial score (nSPS) is 19.3. The molecule has 0 saturated carbocycles. The van der Waals surface area contributed by atoms with Gasteiger partial charge in [-0.25, -0.2) is 0 Å². The van der Waals surface area contributed by atoms with E-state index in [9.17, 15) is 4.79 Å². The highest BCUT2D eigenvalue weighted by Crippen LogP contribution is 2.13. The molecule has 0 aromatic carbocycles. The number of hydrogen-bond donors (Lipinski definition) is 0. The summed E-state index contributed by atoms with van der Waals surface area (Å²) in [5.74, 6) is -0.290. The molecule has 1 atom stereocenters. The summed E-state index contributed by atoms with van der Waals surface area (Å²) in [5.41, 5.74) is 0. The Hall–Kier alpha value is -0.690. The first-order valence-corrected chi connectivity index (χ1v) is 6.81. The van der Waals surface area contributed by atoms with E-state index in [0.29, 0.717) is 33.0 Å². The summed E-state index contributed by atoms with van der Waals surface area (Å²) in [6, 6.07) is 0. The molecule has 0 spiro atoms. The van der Waals surface area contributed by atoms with E-state index in [-0.39, 0.29) is 18.9 Å². The molecule has 1 aliphatic heterocycles. The summed E-state index contributed by atoms with van der Waals surface area (Å²) >= 11 is 0. The van der Waals surface area contributed by atoms with Crippen molar-refractivity contribution in [2.75, 3.05) is 46.2 Å². The third-order valence-electron chi connectivity index (χ3n) is 2.57. The molecular weight excluding hydrogens is 252 g/mol. The molecule has 1 unspecified atom stereocenters. The Morgan fingerprint density at radius 3 is 2.37 bits per heavy atom. The number of esters is 1. The van der Waals surface area contributed by atoms with Gasteiger partial charge in [0, 0.05) is 13.5 Å². The summed E-state index contributed by atoms with van der Waals surface area (Å²) in [6.07, 6.45) is 3.21. The third-order valence-corrected chi connectivity index (χ3v) is 2.57. The van der Waals surface area contributed by atoms with E-state index in [4.69, 9.17) is 23.7 Å². The van der Waals surface area contributed by atoms with Gasteiger partial charge in [-0.2, -0.15) is 0 Å². The number of rotatable bonds is 10. The van der Waals surface area contributed by atoms with Gasteiger partial charge in [0.05, 0.1) is 33.0 Å². The average molecular weight is 276 g/mol. The lowest BCUT2D eigenvalue weighted by atomic mass is 10.2. The van der Waals surface area contributed by atoms with Gasteiger partial charge in [-0.15, -0.1) is 0 Å². The van der Waals surface area contributed by atoms with E-state index in [1.165, 1.54) is 13.3 Å². The van der Waals surface area contributed by atoms with Crippen molar-refractivity contribution in [3.05, 3.63) is 0 Å². The van der Waals surface area contributed by atoms with Crippen molar-refractivity contribution in [2.24, 2.45) is 0 Å². The maximum atomic E-state index is 10.5.